The van der Waals surface area contributed by atoms with E-state index in [-0.39, 0.29) is 0 Å². The second-order valence-corrected chi connectivity index (χ2v) is 4.55. The number of likely N-dealkylation sites (N-methyl/N-ethyl adjacent to an activating group) is 1. The van der Waals surface area contributed by atoms with Crippen LogP contribution >= 0.6 is 0 Å². The number of nitrogens with zero attached hydrogens (tertiary/aromatic N) is 2. The van der Waals surface area contributed by atoms with Crippen molar-refractivity contribution in [3.63, 3.8) is 0 Å². The summed E-state index contributed by atoms with van der Waals surface area (Å²) in [5, 5.41) is 7.45. The van der Waals surface area contributed by atoms with Crippen LogP contribution in [0.25, 0.3) is 0 Å². The number of hydrogen-bond acceptors (Lipinski definition) is 5. The van der Waals surface area contributed by atoms with Gasteiger partial charge in [0.25, 0.3) is 0 Å². The van der Waals surface area contributed by atoms with Crippen LogP contribution in [0.2, 0.25) is 0 Å². The van der Waals surface area contributed by atoms with Crippen LogP contribution < -0.4 is 5.32 Å². The minimum atomic E-state index is 0.496. The largest absolute Gasteiger partial charge is 0.384 e. The van der Waals surface area contributed by atoms with Gasteiger partial charge in [-0.05, 0) is 25.3 Å². The monoisotopic (exact) mass is 239 g/mol. The van der Waals surface area contributed by atoms with Gasteiger partial charge in [-0.1, -0.05) is 12.1 Å². The molecule has 96 valence electrons. The highest BCUT2D eigenvalue weighted by Gasteiger charge is 2.31. The van der Waals surface area contributed by atoms with Crippen LogP contribution in [0.5, 0.6) is 0 Å². The molecule has 1 saturated carbocycles. The molecule has 0 saturated heterocycles. The summed E-state index contributed by atoms with van der Waals surface area (Å²) in [6, 6.07) is 0.496. The van der Waals surface area contributed by atoms with Crippen LogP contribution in [0.15, 0.2) is 4.52 Å². The molecule has 1 aromatic rings. The van der Waals surface area contributed by atoms with E-state index in [1.165, 1.54) is 12.8 Å². The maximum Gasteiger partial charge on any atom is 0.228 e. The van der Waals surface area contributed by atoms with Crippen LogP contribution in [0, 0.1) is 5.92 Å². The number of nitrogens with one attached hydrogen (secondary N) is 1. The Morgan fingerprint density at radius 3 is 3.00 bits per heavy atom. The average Bonchev–Trinajstić information content (AvgIpc) is 3.08. The Labute approximate surface area is 102 Å². The van der Waals surface area contributed by atoms with Gasteiger partial charge in [0.1, 0.15) is 0 Å². The smallest absolute Gasteiger partial charge is 0.228 e. The van der Waals surface area contributed by atoms with E-state index in [0.717, 1.165) is 37.0 Å². The first-order chi connectivity index (χ1) is 8.33. The van der Waals surface area contributed by atoms with Gasteiger partial charge in [-0.2, -0.15) is 4.98 Å². The van der Waals surface area contributed by atoms with E-state index in [1.54, 1.807) is 7.11 Å². The molecule has 0 aromatic carbocycles. The fourth-order valence-electron chi connectivity index (χ4n) is 2.02. The lowest BCUT2D eigenvalue weighted by Crippen LogP contribution is -2.33. The van der Waals surface area contributed by atoms with Crippen LogP contribution in [0.3, 0.4) is 0 Å². The van der Waals surface area contributed by atoms with Crippen molar-refractivity contribution >= 4 is 0 Å². The van der Waals surface area contributed by atoms with Crippen molar-refractivity contribution in [1.29, 1.82) is 0 Å². The highest BCUT2D eigenvalue weighted by Crippen LogP contribution is 2.33. The molecule has 1 N–H and O–H groups in total. The normalized spacial score (nSPS) is 17.3. The summed E-state index contributed by atoms with van der Waals surface area (Å²) in [5.74, 6) is 2.28. The lowest BCUT2D eigenvalue weighted by atomic mass is 10.1. The molecule has 0 aliphatic heterocycles. The van der Waals surface area contributed by atoms with E-state index in [9.17, 15) is 0 Å². The molecule has 5 heteroatoms. The first kappa shape index (κ1) is 12.5. The highest BCUT2D eigenvalue weighted by atomic mass is 16.5. The summed E-state index contributed by atoms with van der Waals surface area (Å²) in [6.45, 7) is 3.76. The fourth-order valence-corrected chi connectivity index (χ4v) is 2.02. The summed E-state index contributed by atoms with van der Waals surface area (Å²) in [5.41, 5.74) is 0. The fraction of sp³-hybridized carbons (Fsp3) is 0.833. The number of aromatic nitrogens is 2. The standard InChI is InChI=1S/C12H21N3O2/c1-3-13-10(9-4-5-9)8-12-14-11(15-17-12)6-7-16-2/h9-10,13H,3-8H2,1-2H3. The Morgan fingerprint density at radius 2 is 2.35 bits per heavy atom. The molecule has 5 nitrogen and oxygen atoms in total. The number of hydrogen-bond donors (Lipinski definition) is 1. The lowest BCUT2D eigenvalue weighted by molar-refractivity contribution is 0.199. The van der Waals surface area contributed by atoms with Crippen molar-refractivity contribution in [2.45, 2.75) is 38.6 Å². The van der Waals surface area contributed by atoms with Gasteiger partial charge < -0.3 is 14.6 Å². The molecule has 1 heterocycles. The van der Waals surface area contributed by atoms with Gasteiger partial charge in [-0.15, -0.1) is 0 Å². The molecule has 0 bridgehead atoms. The summed E-state index contributed by atoms with van der Waals surface area (Å²) in [6.07, 6.45) is 4.21. The Bertz CT molecular complexity index is 336. The number of rotatable bonds is 8. The third kappa shape index (κ3) is 3.78. The van der Waals surface area contributed by atoms with Gasteiger partial charge in [0.05, 0.1) is 6.61 Å². The van der Waals surface area contributed by atoms with Crippen molar-refractivity contribution in [3.8, 4) is 0 Å². The van der Waals surface area contributed by atoms with Crippen molar-refractivity contribution in [1.82, 2.24) is 15.5 Å². The van der Waals surface area contributed by atoms with Gasteiger partial charge in [-0.3, -0.25) is 0 Å². The molecule has 17 heavy (non-hydrogen) atoms. The number of ether oxygens (including phenoxy) is 1. The highest BCUT2D eigenvalue weighted by molar-refractivity contribution is 4.95. The van der Waals surface area contributed by atoms with Crippen LogP contribution in [-0.4, -0.2) is 36.4 Å². The van der Waals surface area contributed by atoms with Crippen molar-refractivity contribution in [2.75, 3.05) is 20.3 Å². The van der Waals surface area contributed by atoms with E-state index in [2.05, 4.69) is 22.4 Å². The molecule has 1 atom stereocenters. The molecule has 1 aromatic heterocycles. The zero-order valence-electron chi connectivity index (χ0n) is 10.6. The lowest BCUT2D eigenvalue weighted by Gasteiger charge is -2.14. The van der Waals surface area contributed by atoms with Crippen LogP contribution in [-0.2, 0) is 17.6 Å². The first-order valence-electron chi connectivity index (χ1n) is 6.37. The van der Waals surface area contributed by atoms with Crippen LogP contribution in [0.4, 0.5) is 0 Å². The molecule has 1 aliphatic rings. The molecule has 1 fully saturated rings. The summed E-state index contributed by atoms with van der Waals surface area (Å²) in [7, 11) is 1.68. The van der Waals surface area contributed by atoms with Gasteiger partial charge in [0, 0.05) is 26.0 Å². The zero-order chi connectivity index (χ0) is 12.1. The minimum absolute atomic E-state index is 0.496. The van der Waals surface area contributed by atoms with E-state index in [4.69, 9.17) is 9.26 Å². The first-order valence-corrected chi connectivity index (χ1v) is 6.37. The van der Waals surface area contributed by atoms with Gasteiger partial charge in [-0.25, -0.2) is 0 Å². The molecular weight excluding hydrogens is 218 g/mol. The number of methoxy groups -OCH3 is 1. The summed E-state index contributed by atoms with van der Waals surface area (Å²) >= 11 is 0. The van der Waals surface area contributed by atoms with Gasteiger partial charge in [0.15, 0.2) is 5.82 Å². The third-order valence-electron chi connectivity index (χ3n) is 3.09. The topological polar surface area (TPSA) is 60.2 Å². The van der Waals surface area contributed by atoms with E-state index >= 15 is 0 Å². The van der Waals surface area contributed by atoms with E-state index < -0.39 is 0 Å². The minimum Gasteiger partial charge on any atom is -0.384 e. The zero-order valence-corrected chi connectivity index (χ0v) is 10.6. The molecule has 1 unspecified atom stereocenters. The molecule has 1 aliphatic carbocycles. The van der Waals surface area contributed by atoms with E-state index in [1.807, 2.05) is 0 Å². The predicted molar refractivity (Wildman–Crippen MR) is 63.8 cm³/mol. The molecule has 0 spiro atoms. The maximum atomic E-state index is 5.26. The Hall–Kier alpha value is -0.940. The third-order valence-corrected chi connectivity index (χ3v) is 3.09. The van der Waals surface area contributed by atoms with Gasteiger partial charge >= 0.3 is 0 Å². The molecule has 0 amide bonds. The predicted octanol–water partition coefficient (Wildman–Crippen LogP) is 1.19. The quantitative estimate of drug-likeness (QED) is 0.738. The SMILES string of the molecule is CCNC(Cc1nc(CCOC)no1)C1CC1. The second kappa shape index (κ2) is 6.12. The molecule has 0 radical (unpaired) electrons. The molecular formula is C12H21N3O2. The van der Waals surface area contributed by atoms with Crippen LogP contribution in [0.1, 0.15) is 31.5 Å². The summed E-state index contributed by atoms with van der Waals surface area (Å²) in [4.78, 5) is 4.38. The Morgan fingerprint density at radius 1 is 1.53 bits per heavy atom. The van der Waals surface area contributed by atoms with Crippen molar-refractivity contribution in [2.24, 2.45) is 5.92 Å². The maximum absolute atomic E-state index is 5.26. The van der Waals surface area contributed by atoms with E-state index in [0.29, 0.717) is 12.6 Å². The Kier molecular flexibility index (Phi) is 4.50. The Balaban J connectivity index is 1.85. The van der Waals surface area contributed by atoms with Crippen molar-refractivity contribution in [3.05, 3.63) is 11.7 Å². The van der Waals surface area contributed by atoms with Crippen molar-refractivity contribution < 1.29 is 9.26 Å². The van der Waals surface area contributed by atoms with Gasteiger partial charge in [0.2, 0.25) is 5.89 Å². The average molecular weight is 239 g/mol. The second-order valence-electron chi connectivity index (χ2n) is 4.55. The summed E-state index contributed by atoms with van der Waals surface area (Å²) < 4.78 is 10.2. The molecule has 2 rings (SSSR count).